The van der Waals surface area contributed by atoms with Crippen molar-refractivity contribution in [3.05, 3.63) is 34.1 Å². The minimum absolute atomic E-state index is 0.347. The number of hydrogen-bond donors (Lipinski definition) is 1. The Bertz CT molecular complexity index is 323. The quantitative estimate of drug-likeness (QED) is 0.407. The van der Waals surface area contributed by atoms with E-state index < -0.39 is 5.82 Å². The molecule has 4 heteroatoms. The summed E-state index contributed by atoms with van der Waals surface area (Å²) in [6.45, 7) is 1.79. The molecule has 0 unspecified atom stereocenters. The first-order chi connectivity index (χ1) is 5.65. The van der Waals surface area contributed by atoms with Gasteiger partial charge in [-0.05, 0) is 24.6 Å². The van der Waals surface area contributed by atoms with E-state index in [1.807, 2.05) is 0 Å². The van der Waals surface area contributed by atoms with Crippen LogP contribution in [0.15, 0.2) is 17.2 Å². The van der Waals surface area contributed by atoms with Crippen LogP contribution in [0.5, 0.6) is 0 Å². The number of hydrazone groups is 1. The minimum Gasteiger partial charge on any atom is -0.323 e. The lowest BCUT2D eigenvalue weighted by atomic mass is 10.1. The number of hydrogen-bond acceptors (Lipinski definition) is 2. The van der Waals surface area contributed by atoms with Crippen molar-refractivity contribution in [3.63, 3.8) is 0 Å². The Hall–Kier alpha value is -1.09. The number of nitrogens with zero attached hydrogens (tertiary/aromatic N) is 1. The average Bonchev–Trinajstić information content (AvgIpc) is 2.01. The smallest absolute Gasteiger partial charge is 0.133 e. The Morgan fingerprint density at radius 2 is 2.25 bits per heavy atom. The summed E-state index contributed by atoms with van der Waals surface area (Å²) >= 11 is 5.67. The lowest BCUT2D eigenvalue weighted by Gasteiger charge is -2.00. The summed E-state index contributed by atoms with van der Waals surface area (Å²) in [6, 6.07) is 2.84. The van der Waals surface area contributed by atoms with Crippen molar-refractivity contribution in [1.29, 1.82) is 0 Å². The molecular formula is C8H8ClFN2. The lowest BCUT2D eigenvalue weighted by Crippen LogP contribution is -1.92. The molecule has 0 fully saturated rings. The van der Waals surface area contributed by atoms with Crippen LogP contribution in [0.1, 0.15) is 11.1 Å². The van der Waals surface area contributed by atoms with Crippen LogP contribution in [-0.4, -0.2) is 6.21 Å². The molecule has 0 aromatic heterocycles. The van der Waals surface area contributed by atoms with Crippen LogP contribution in [0.4, 0.5) is 4.39 Å². The van der Waals surface area contributed by atoms with Crippen molar-refractivity contribution < 1.29 is 4.39 Å². The van der Waals surface area contributed by atoms with Gasteiger partial charge in [0.15, 0.2) is 0 Å². The Kier molecular flexibility index (Phi) is 2.65. The summed E-state index contributed by atoms with van der Waals surface area (Å²) < 4.78 is 13.0. The highest BCUT2D eigenvalue weighted by Gasteiger charge is 2.03. The summed E-state index contributed by atoms with van der Waals surface area (Å²) in [4.78, 5) is 0. The van der Waals surface area contributed by atoms with E-state index in [1.54, 1.807) is 13.0 Å². The van der Waals surface area contributed by atoms with Crippen LogP contribution < -0.4 is 5.84 Å². The van der Waals surface area contributed by atoms with E-state index in [9.17, 15) is 4.39 Å². The van der Waals surface area contributed by atoms with Crippen LogP contribution in [-0.2, 0) is 0 Å². The standard InChI is InChI=1S/C8H8ClFN2/c1-5-2-6(4-12-11)8(10)3-7(5)9/h2-4H,11H2,1H3. The zero-order chi connectivity index (χ0) is 9.14. The number of benzene rings is 1. The first-order valence-corrected chi connectivity index (χ1v) is 3.72. The van der Waals surface area contributed by atoms with Crippen LogP contribution in [0.25, 0.3) is 0 Å². The highest BCUT2D eigenvalue weighted by atomic mass is 35.5. The van der Waals surface area contributed by atoms with Gasteiger partial charge in [-0.15, -0.1) is 0 Å². The van der Waals surface area contributed by atoms with Crippen molar-refractivity contribution in [2.24, 2.45) is 10.9 Å². The van der Waals surface area contributed by atoms with Gasteiger partial charge in [0.05, 0.1) is 6.21 Å². The predicted octanol–water partition coefficient (Wildman–Crippen LogP) is 2.08. The molecule has 1 aromatic carbocycles. The van der Waals surface area contributed by atoms with E-state index in [4.69, 9.17) is 17.4 Å². The molecule has 2 nitrogen and oxygen atoms in total. The van der Waals surface area contributed by atoms with Gasteiger partial charge in [0.1, 0.15) is 5.82 Å². The minimum atomic E-state index is -0.417. The summed E-state index contributed by atoms with van der Waals surface area (Å²) in [5.74, 6) is 4.47. The third kappa shape index (κ3) is 1.74. The second-order valence-electron chi connectivity index (χ2n) is 2.40. The van der Waals surface area contributed by atoms with Gasteiger partial charge in [-0.1, -0.05) is 11.6 Å². The molecule has 0 atom stereocenters. The lowest BCUT2D eigenvalue weighted by molar-refractivity contribution is 0.625. The van der Waals surface area contributed by atoms with Crippen molar-refractivity contribution in [3.8, 4) is 0 Å². The van der Waals surface area contributed by atoms with Gasteiger partial charge in [0.25, 0.3) is 0 Å². The second-order valence-corrected chi connectivity index (χ2v) is 2.81. The molecule has 64 valence electrons. The van der Waals surface area contributed by atoms with Crippen molar-refractivity contribution in [2.45, 2.75) is 6.92 Å². The number of nitrogens with two attached hydrogens (primary N) is 1. The largest absolute Gasteiger partial charge is 0.323 e. The molecule has 1 aromatic rings. The summed E-state index contributed by atoms with van der Waals surface area (Å²) in [6.07, 6.45) is 1.25. The van der Waals surface area contributed by atoms with E-state index >= 15 is 0 Å². The average molecular weight is 187 g/mol. The first kappa shape index (κ1) is 9.00. The van der Waals surface area contributed by atoms with Crippen molar-refractivity contribution in [2.75, 3.05) is 0 Å². The van der Waals surface area contributed by atoms with Gasteiger partial charge in [0, 0.05) is 10.6 Å². The Balaban J connectivity index is 3.23. The van der Waals surface area contributed by atoms with Crippen molar-refractivity contribution in [1.82, 2.24) is 0 Å². The number of rotatable bonds is 1. The van der Waals surface area contributed by atoms with E-state index in [0.29, 0.717) is 10.6 Å². The SMILES string of the molecule is Cc1cc(C=NN)c(F)cc1Cl. The fourth-order valence-electron chi connectivity index (χ4n) is 0.859. The molecule has 0 radical (unpaired) electrons. The predicted molar refractivity (Wildman–Crippen MR) is 47.9 cm³/mol. The van der Waals surface area contributed by atoms with E-state index in [2.05, 4.69) is 5.10 Å². The summed E-state index contributed by atoms with van der Waals surface area (Å²) in [5, 5.41) is 3.63. The Labute approximate surface area is 74.8 Å². The normalized spacial score (nSPS) is 10.9. The molecule has 0 aliphatic carbocycles. The van der Waals surface area contributed by atoms with Crippen LogP contribution in [0.3, 0.4) is 0 Å². The fraction of sp³-hybridized carbons (Fsp3) is 0.125. The Morgan fingerprint density at radius 1 is 1.58 bits per heavy atom. The molecule has 0 aliphatic rings. The zero-order valence-corrected chi connectivity index (χ0v) is 7.27. The Morgan fingerprint density at radius 3 is 2.83 bits per heavy atom. The van der Waals surface area contributed by atoms with Gasteiger partial charge in [-0.25, -0.2) is 4.39 Å². The summed E-state index contributed by atoms with van der Waals surface area (Å²) in [7, 11) is 0. The third-order valence-corrected chi connectivity index (χ3v) is 1.90. The number of aryl methyl sites for hydroxylation is 1. The van der Waals surface area contributed by atoms with Gasteiger partial charge in [0.2, 0.25) is 0 Å². The molecule has 0 heterocycles. The monoisotopic (exact) mass is 186 g/mol. The van der Waals surface area contributed by atoms with E-state index in [0.717, 1.165) is 5.56 Å². The molecule has 1 rings (SSSR count). The first-order valence-electron chi connectivity index (χ1n) is 3.34. The highest BCUT2D eigenvalue weighted by molar-refractivity contribution is 6.31. The van der Waals surface area contributed by atoms with Gasteiger partial charge in [-0.2, -0.15) is 5.10 Å². The molecular weight excluding hydrogens is 179 g/mol. The fourth-order valence-corrected chi connectivity index (χ4v) is 1.01. The molecule has 0 amide bonds. The van der Waals surface area contributed by atoms with Gasteiger partial charge in [-0.3, -0.25) is 0 Å². The third-order valence-electron chi connectivity index (χ3n) is 1.49. The maximum Gasteiger partial charge on any atom is 0.133 e. The molecule has 12 heavy (non-hydrogen) atoms. The maximum absolute atomic E-state index is 13.0. The van der Waals surface area contributed by atoms with Crippen LogP contribution in [0.2, 0.25) is 5.02 Å². The van der Waals surface area contributed by atoms with E-state index in [1.165, 1.54) is 12.3 Å². The van der Waals surface area contributed by atoms with E-state index in [-0.39, 0.29) is 0 Å². The highest BCUT2D eigenvalue weighted by Crippen LogP contribution is 2.18. The zero-order valence-electron chi connectivity index (χ0n) is 6.51. The topological polar surface area (TPSA) is 38.4 Å². The van der Waals surface area contributed by atoms with Crippen LogP contribution in [0, 0.1) is 12.7 Å². The maximum atomic E-state index is 13.0. The van der Waals surface area contributed by atoms with Crippen LogP contribution >= 0.6 is 11.6 Å². The van der Waals surface area contributed by atoms with Gasteiger partial charge < -0.3 is 5.84 Å². The molecule has 0 saturated carbocycles. The molecule has 0 spiro atoms. The molecule has 0 aliphatic heterocycles. The van der Waals surface area contributed by atoms with Gasteiger partial charge >= 0.3 is 0 Å². The molecule has 0 bridgehead atoms. The van der Waals surface area contributed by atoms with Crippen molar-refractivity contribution >= 4 is 17.8 Å². The number of halogens is 2. The molecule has 2 N–H and O–H groups in total. The summed E-state index contributed by atoms with van der Waals surface area (Å²) in [5.41, 5.74) is 1.15. The molecule has 0 saturated heterocycles. The second kappa shape index (κ2) is 3.54.